The van der Waals surface area contributed by atoms with Crippen molar-refractivity contribution in [2.45, 2.75) is 78.0 Å². The lowest BCUT2D eigenvalue weighted by Crippen LogP contribution is -2.22. The summed E-state index contributed by atoms with van der Waals surface area (Å²) in [6.45, 7) is 18.7. The summed E-state index contributed by atoms with van der Waals surface area (Å²) in [4.78, 5) is 0. The van der Waals surface area contributed by atoms with Gasteiger partial charge in [-0.25, -0.2) is 0 Å². The van der Waals surface area contributed by atoms with Crippen molar-refractivity contribution in [3.63, 3.8) is 0 Å². The molecule has 0 spiro atoms. The maximum absolute atomic E-state index is 5.59. The van der Waals surface area contributed by atoms with Crippen molar-refractivity contribution in [1.29, 1.82) is 0 Å². The van der Waals surface area contributed by atoms with Crippen molar-refractivity contribution in [3.05, 3.63) is 36.4 Å². The number of methoxy groups -OCH3 is 2. The molecule has 0 atom stereocenters. The molecule has 0 fully saturated rings. The van der Waals surface area contributed by atoms with Gasteiger partial charge in [-0.05, 0) is 59.0 Å². The first kappa shape index (κ1) is 26.0. The van der Waals surface area contributed by atoms with Crippen molar-refractivity contribution < 1.29 is 9.47 Å². The van der Waals surface area contributed by atoms with Crippen molar-refractivity contribution in [2.24, 2.45) is 0 Å². The molecule has 0 unspecified atom stereocenters. The molecule has 1 N–H and O–H groups in total. The monoisotopic (exact) mass is 461 g/mol. The molecule has 2 aromatic carbocycles. The summed E-state index contributed by atoms with van der Waals surface area (Å²) in [6.07, 6.45) is 0. The first-order valence-corrected chi connectivity index (χ1v) is 14.3. The minimum atomic E-state index is -0.334. The van der Waals surface area contributed by atoms with Crippen LogP contribution in [-0.4, -0.2) is 36.9 Å². The second-order valence-corrected chi connectivity index (χ2v) is 15.8. The second-order valence-electron chi connectivity index (χ2n) is 9.08. The predicted molar refractivity (Wildman–Crippen MR) is 143 cm³/mol. The first-order valence-electron chi connectivity index (χ1n) is 11.3. The molecule has 2 aromatic rings. The van der Waals surface area contributed by atoms with E-state index in [2.05, 4.69) is 97.1 Å². The van der Waals surface area contributed by atoms with Crippen LogP contribution in [0.15, 0.2) is 36.4 Å². The van der Waals surface area contributed by atoms with Gasteiger partial charge in [-0.3, -0.25) is 0 Å². The lowest BCUT2D eigenvalue weighted by Gasteiger charge is -2.31. The molecule has 0 aliphatic rings. The van der Waals surface area contributed by atoms with E-state index in [1.165, 1.54) is 22.0 Å². The SMILES string of the molecule is COc1ccc(Nc2ccc(OC)cc2P(C(C)C)C(C)C)c(P(C(C)C)C(C)C)c1. The maximum Gasteiger partial charge on any atom is 0.119 e. The van der Waals surface area contributed by atoms with E-state index < -0.39 is 0 Å². The smallest absolute Gasteiger partial charge is 0.119 e. The normalized spacial score (nSPS) is 12.0. The minimum Gasteiger partial charge on any atom is -0.497 e. The topological polar surface area (TPSA) is 30.5 Å². The molecule has 3 nitrogen and oxygen atoms in total. The molecule has 2 rings (SSSR count). The molecule has 0 saturated heterocycles. The largest absolute Gasteiger partial charge is 0.497 e. The molecular weight excluding hydrogens is 420 g/mol. The van der Waals surface area contributed by atoms with Crippen LogP contribution in [0.25, 0.3) is 0 Å². The van der Waals surface area contributed by atoms with Crippen LogP contribution in [0.4, 0.5) is 11.4 Å². The van der Waals surface area contributed by atoms with E-state index in [1.54, 1.807) is 14.2 Å². The number of rotatable bonds is 10. The van der Waals surface area contributed by atoms with Gasteiger partial charge in [-0.1, -0.05) is 71.2 Å². The second kappa shape index (κ2) is 11.5. The predicted octanol–water partition coefficient (Wildman–Crippen LogP) is 7.30. The van der Waals surface area contributed by atoms with Crippen molar-refractivity contribution in [3.8, 4) is 11.5 Å². The molecule has 31 heavy (non-hydrogen) atoms. The Morgan fingerprint density at radius 1 is 0.581 bits per heavy atom. The molecule has 0 aliphatic carbocycles. The van der Waals surface area contributed by atoms with Gasteiger partial charge in [0.25, 0.3) is 0 Å². The Balaban J connectivity index is 2.63. The molecule has 172 valence electrons. The van der Waals surface area contributed by atoms with Crippen LogP contribution in [0.5, 0.6) is 11.5 Å². The zero-order valence-electron chi connectivity index (χ0n) is 21.0. The fourth-order valence-corrected chi connectivity index (χ4v) is 10.3. The van der Waals surface area contributed by atoms with Gasteiger partial charge in [0, 0.05) is 22.0 Å². The van der Waals surface area contributed by atoms with Gasteiger partial charge in [0.15, 0.2) is 0 Å². The minimum absolute atomic E-state index is 0.334. The van der Waals surface area contributed by atoms with Gasteiger partial charge >= 0.3 is 0 Å². The Kier molecular flexibility index (Phi) is 9.66. The van der Waals surface area contributed by atoms with Crippen LogP contribution < -0.4 is 25.4 Å². The zero-order valence-corrected chi connectivity index (χ0v) is 22.8. The third-order valence-electron chi connectivity index (χ3n) is 5.46. The van der Waals surface area contributed by atoms with E-state index in [9.17, 15) is 0 Å². The number of hydrogen-bond acceptors (Lipinski definition) is 3. The van der Waals surface area contributed by atoms with E-state index in [-0.39, 0.29) is 15.8 Å². The fraction of sp³-hybridized carbons (Fsp3) is 0.538. The van der Waals surface area contributed by atoms with Crippen LogP contribution in [0.1, 0.15) is 55.4 Å². The van der Waals surface area contributed by atoms with E-state index in [1.807, 2.05) is 0 Å². The summed E-state index contributed by atoms with van der Waals surface area (Å²) < 4.78 is 11.2. The quantitative estimate of drug-likeness (QED) is 0.377. The van der Waals surface area contributed by atoms with Crippen LogP contribution in [0.3, 0.4) is 0 Å². The van der Waals surface area contributed by atoms with Gasteiger partial charge in [0.05, 0.1) is 14.2 Å². The summed E-state index contributed by atoms with van der Waals surface area (Å²) in [7, 11) is 2.83. The Hall–Kier alpha value is -1.30. The lowest BCUT2D eigenvalue weighted by atomic mass is 10.2. The average molecular weight is 462 g/mol. The highest BCUT2D eigenvalue weighted by Crippen LogP contribution is 2.49. The maximum atomic E-state index is 5.59. The fourth-order valence-electron chi connectivity index (χ4n) is 4.37. The van der Waals surface area contributed by atoms with E-state index in [0.717, 1.165) is 11.5 Å². The lowest BCUT2D eigenvalue weighted by molar-refractivity contribution is 0.415. The third kappa shape index (κ3) is 6.36. The Morgan fingerprint density at radius 2 is 0.903 bits per heavy atom. The standard InChI is InChI=1S/C26H41NO2P2/c1-17(2)30(18(3)4)25-15-21(28-9)11-13-23(25)27-24-14-12-22(29-10)16-26(24)31(19(5)6)20(7)8/h11-20,27H,1-10H3. The van der Waals surface area contributed by atoms with Crippen molar-refractivity contribution in [2.75, 3.05) is 19.5 Å². The molecular formula is C26H41NO2P2. The van der Waals surface area contributed by atoms with Gasteiger partial charge in [0.2, 0.25) is 0 Å². The molecule has 0 aliphatic heterocycles. The Bertz CT molecular complexity index is 764. The third-order valence-corrected chi connectivity index (χ3v) is 11.8. The highest BCUT2D eigenvalue weighted by atomic mass is 31.1. The Morgan fingerprint density at radius 3 is 1.16 bits per heavy atom. The molecule has 0 amide bonds. The summed E-state index contributed by atoms with van der Waals surface area (Å²) in [5.41, 5.74) is 4.79. The van der Waals surface area contributed by atoms with Gasteiger partial charge in [-0.15, -0.1) is 0 Å². The Labute approximate surface area is 192 Å². The highest BCUT2D eigenvalue weighted by molar-refractivity contribution is 7.67. The number of nitrogens with one attached hydrogen (secondary N) is 1. The van der Waals surface area contributed by atoms with Crippen molar-refractivity contribution >= 4 is 37.8 Å². The molecule has 0 radical (unpaired) electrons. The van der Waals surface area contributed by atoms with E-state index in [4.69, 9.17) is 9.47 Å². The number of benzene rings is 2. The summed E-state index contributed by atoms with van der Waals surface area (Å²) in [5, 5.41) is 6.62. The number of anilines is 2. The number of ether oxygens (including phenoxy) is 2. The van der Waals surface area contributed by atoms with Crippen LogP contribution in [-0.2, 0) is 0 Å². The van der Waals surface area contributed by atoms with Gasteiger partial charge in [-0.2, -0.15) is 0 Å². The molecule has 0 aromatic heterocycles. The molecule has 0 saturated carbocycles. The van der Waals surface area contributed by atoms with Gasteiger partial charge in [0.1, 0.15) is 11.5 Å². The first-order chi connectivity index (χ1) is 14.6. The molecule has 0 bridgehead atoms. The molecule has 5 heteroatoms. The van der Waals surface area contributed by atoms with Crippen LogP contribution in [0.2, 0.25) is 0 Å². The van der Waals surface area contributed by atoms with Crippen LogP contribution >= 0.6 is 15.8 Å². The molecule has 0 heterocycles. The summed E-state index contributed by atoms with van der Waals surface area (Å²) in [6, 6.07) is 13.0. The average Bonchev–Trinajstić information content (AvgIpc) is 2.69. The highest BCUT2D eigenvalue weighted by Gasteiger charge is 2.25. The van der Waals surface area contributed by atoms with Crippen LogP contribution in [0, 0.1) is 0 Å². The van der Waals surface area contributed by atoms with E-state index in [0.29, 0.717) is 22.6 Å². The zero-order chi connectivity index (χ0) is 23.3. The summed E-state index contributed by atoms with van der Waals surface area (Å²) >= 11 is 0. The van der Waals surface area contributed by atoms with E-state index >= 15 is 0 Å². The summed E-state index contributed by atoms with van der Waals surface area (Å²) in [5.74, 6) is 1.85. The number of hydrogen-bond donors (Lipinski definition) is 1. The van der Waals surface area contributed by atoms with Crippen molar-refractivity contribution in [1.82, 2.24) is 0 Å². The van der Waals surface area contributed by atoms with Gasteiger partial charge < -0.3 is 14.8 Å².